The van der Waals surface area contributed by atoms with Crippen molar-refractivity contribution in [2.75, 3.05) is 6.54 Å². The summed E-state index contributed by atoms with van der Waals surface area (Å²) in [6, 6.07) is 0. The molecule has 0 radical (unpaired) electrons. The highest BCUT2D eigenvalue weighted by Gasteiger charge is 2.35. The molecule has 4 heteroatoms. The normalized spacial score (nSPS) is 17.4. The molecule has 4 N–H and O–H groups in total. The molecule has 0 saturated heterocycles. The summed E-state index contributed by atoms with van der Waals surface area (Å²) in [5, 5.41) is 18.2. The van der Waals surface area contributed by atoms with E-state index in [0.717, 1.165) is 6.42 Å². The predicted octanol–water partition coefficient (Wildman–Crippen LogP) is 0.977. The van der Waals surface area contributed by atoms with Gasteiger partial charge in [-0.2, -0.15) is 0 Å². The van der Waals surface area contributed by atoms with Crippen LogP contribution in [0, 0.1) is 5.41 Å². The Labute approximate surface area is 85.1 Å². The van der Waals surface area contributed by atoms with Crippen LogP contribution in [0.3, 0.4) is 0 Å². The second-order valence-corrected chi connectivity index (χ2v) is 3.93. The van der Waals surface area contributed by atoms with E-state index in [2.05, 4.69) is 0 Å². The van der Waals surface area contributed by atoms with Crippen LogP contribution in [-0.4, -0.2) is 28.8 Å². The summed E-state index contributed by atoms with van der Waals surface area (Å²) >= 11 is 0. The molecule has 0 spiro atoms. The van der Waals surface area contributed by atoms with Crippen molar-refractivity contribution in [3.63, 3.8) is 0 Å². The maximum absolute atomic E-state index is 11.1. The Morgan fingerprint density at radius 3 is 2.36 bits per heavy atom. The molecule has 0 saturated carbocycles. The summed E-state index contributed by atoms with van der Waals surface area (Å²) in [5.74, 6) is -0.845. The van der Waals surface area contributed by atoms with Crippen molar-refractivity contribution in [2.45, 2.75) is 45.6 Å². The molecule has 14 heavy (non-hydrogen) atoms. The molecule has 0 aliphatic heterocycles. The van der Waals surface area contributed by atoms with Gasteiger partial charge in [-0.15, -0.1) is 0 Å². The highest BCUT2D eigenvalue weighted by Crippen LogP contribution is 2.29. The summed E-state index contributed by atoms with van der Waals surface area (Å²) in [7, 11) is 0. The third kappa shape index (κ3) is 3.64. The van der Waals surface area contributed by atoms with E-state index < -0.39 is 17.5 Å². The van der Waals surface area contributed by atoms with Gasteiger partial charge in [-0.05, 0) is 26.2 Å². The van der Waals surface area contributed by atoms with Crippen molar-refractivity contribution in [1.82, 2.24) is 0 Å². The zero-order valence-electron chi connectivity index (χ0n) is 8.99. The van der Waals surface area contributed by atoms with E-state index in [4.69, 9.17) is 15.9 Å². The summed E-state index contributed by atoms with van der Waals surface area (Å²) in [6.07, 6.45) is 1.85. The van der Waals surface area contributed by atoms with Gasteiger partial charge in [0.05, 0.1) is 11.5 Å². The highest BCUT2D eigenvalue weighted by molar-refractivity contribution is 5.74. The average molecular weight is 203 g/mol. The van der Waals surface area contributed by atoms with E-state index in [1.54, 1.807) is 6.92 Å². The number of hydrogen-bond donors (Lipinski definition) is 3. The lowest BCUT2D eigenvalue weighted by atomic mass is 9.78. The third-order valence-electron chi connectivity index (χ3n) is 2.61. The second kappa shape index (κ2) is 5.98. The largest absolute Gasteiger partial charge is 0.481 e. The molecule has 4 nitrogen and oxygen atoms in total. The molecule has 0 heterocycles. The topological polar surface area (TPSA) is 83.5 Å². The van der Waals surface area contributed by atoms with Crippen molar-refractivity contribution in [2.24, 2.45) is 11.1 Å². The zero-order chi connectivity index (χ0) is 11.2. The molecule has 0 aromatic rings. The van der Waals surface area contributed by atoms with E-state index in [0.29, 0.717) is 19.3 Å². The highest BCUT2D eigenvalue weighted by atomic mass is 16.4. The number of hydrogen-bond acceptors (Lipinski definition) is 3. The smallest absolute Gasteiger partial charge is 0.310 e. The van der Waals surface area contributed by atoms with Gasteiger partial charge in [0.25, 0.3) is 0 Å². The van der Waals surface area contributed by atoms with E-state index in [1.165, 1.54) is 0 Å². The van der Waals surface area contributed by atoms with Crippen LogP contribution in [-0.2, 0) is 4.79 Å². The number of carboxylic acids is 1. The molecule has 84 valence electrons. The summed E-state index contributed by atoms with van der Waals surface area (Å²) in [5.41, 5.74) is 4.68. The first-order valence-corrected chi connectivity index (χ1v) is 5.10. The van der Waals surface area contributed by atoms with Crippen LogP contribution in [0.25, 0.3) is 0 Å². The van der Waals surface area contributed by atoms with Crippen LogP contribution >= 0.6 is 0 Å². The quantitative estimate of drug-likeness (QED) is 0.576. The standard InChI is InChI=1S/C10H21NO3/c1-3-5-10(7-11,9(13)14)6-4-8(2)12/h8,12H,3-7,11H2,1-2H3,(H,13,14). The summed E-state index contributed by atoms with van der Waals surface area (Å²) < 4.78 is 0. The van der Waals surface area contributed by atoms with Crippen LogP contribution in [0.1, 0.15) is 39.5 Å². The molecule has 0 fully saturated rings. The van der Waals surface area contributed by atoms with Gasteiger partial charge in [-0.1, -0.05) is 13.3 Å². The first-order valence-electron chi connectivity index (χ1n) is 5.10. The fourth-order valence-electron chi connectivity index (χ4n) is 1.59. The lowest BCUT2D eigenvalue weighted by Gasteiger charge is -2.27. The van der Waals surface area contributed by atoms with Crippen molar-refractivity contribution >= 4 is 5.97 Å². The molecule has 2 unspecified atom stereocenters. The molecular formula is C10H21NO3. The molecule has 0 aliphatic carbocycles. The summed E-state index contributed by atoms with van der Waals surface area (Å²) in [6.45, 7) is 3.74. The first kappa shape index (κ1) is 13.4. The predicted molar refractivity (Wildman–Crippen MR) is 54.9 cm³/mol. The summed E-state index contributed by atoms with van der Waals surface area (Å²) in [4.78, 5) is 11.1. The van der Waals surface area contributed by atoms with Gasteiger partial charge in [0.1, 0.15) is 0 Å². The van der Waals surface area contributed by atoms with Gasteiger partial charge in [0.2, 0.25) is 0 Å². The first-order chi connectivity index (χ1) is 6.48. The fourth-order valence-corrected chi connectivity index (χ4v) is 1.59. The molecular weight excluding hydrogens is 182 g/mol. The molecule has 0 bridgehead atoms. The number of carbonyl (C=O) groups is 1. The van der Waals surface area contributed by atoms with E-state index >= 15 is 0 Å². The Bertz CT molecular complexity index is 182. The van der Waals surface area contributed by atoms with Crippen LogP contribution in [0.4, 0.5) is 0 Å². The van der Waals surface area contributed by atoms with E-state index in [1.807, 2.05) is 6.92 Å². The number of aliphatic carboxylic acids is 1. The van der Waals surface area contributed by atoms with Crippen molar-refractivity contribution < 1.29 is 15.0 Å². The number of carboxylic acid groups (broad SMARTS) is 1. The molecule has 0 aromatic heterocycles. The van der Waals surface area contributed by atoms with Crippen LogP contribution < -0.4 is 5.73 Å². The lowest BCUT2D eigenvalue weighted by Crippen LogP contribution is -2.39. The number of nitrogens with two attached hydrogens (primary N) is 1. The average Bonchev–Trinajstić information content (AvgIpc) is 2.11. The van der Waals surface area contributed by atoms with Gasteiger partial charge < -0.3 is 15.9 Å². The van der Waals surface area contributed by atoms with Gasteiger partial charge in [-0.3, -0.25) is 4.79 Å². The molecule has 0 amide bonds. The van der Waals surface area contributed by atoms with Gasteiger partial charge >= 0.3 is 5.97 Å². The van der Waals surface area contributed by atoms with Gasteiger partial charge in [-0.25, -0.2) is 0 Å². The molecule has 0 rings (SSSR count). The Morgan fingerprint density at radius 1 is 1.50 bits per heavy atom. The Balaban J connectivity index is 4.41. The van der Waals surface area contributed by atoms with Crippen LogP contribution in [0.15, 0.2) is 0 Å². The fraction of sp³-hybridized carbons (Fsp3) is 0.900. The SMILES string of the molecule is CCCC(CN)(CCC(C)O)C(=O)O. The van der Waals surface area contributed by atoms with Gasteiger partial charge in [0, 0.05) is 6.54 Å². The minimum atomic E-state index is -0.845. The van der Waals surface area contributed by atoms with Crippen molar-refractivity contribution in [1.29, 1.82) is 0 Å². The number of aliphatic hydroxyl groups excluding tert-OH is 1. The Kier molecular flexibility index (Phi) is 5.72. The number of rotatable bonds is 7. The Morgan fingerprint density at radius 2 is 2.07 bits per heavy atom. The van der Waals surface area contributed by atoms with Gasteiger partial charge in [0.15, 0.2) is 0 Å². The monoisotopic (exact) mass is 203 g/mol. The minimum absolute atomic E-state index is 0.142. The van der Waals surface area contributed by atoms with E-state index in [-0.39, 0.29) is 6.54 Å². The third-order valence-corrected chi connectivity index (χ3v) is 2.61. The maximum atomic E-state index is 11.1. The lowest BCUT2D eigenvalue weighted by molar-refractivity contribution is -0.149. The molecule has 2 atom stereocenters. The molecule has 0 aliphatic rings. The van der Waals surface area contributed by atoms with Crippen LogP contribution in [0.5, 0.6) is 0 Å². The zero-order valence-corrected chi connectivity index (χ0v) is 8.99. The minimum Gasteiger partial charge on any atom is -0.481 e. The number of aliphatic hydroxyl groups is 1. The van der Waals surface area contributed by atoms with Crippen LogP contribution in [0.2, 0.25) is 0 Å². The Hall–Kier alpha value is -0.610. The maximum Gasteiger partial charge on any atom is 0.310 e. The van der Waals surface area contributed by atoms with Crippen molar-refractivity contribution in [3.8, 4) is 0 Å². The second-order valence-electron chi connectivity index (χ2n) is 3.93. The van der Waals surface area contributed by atoms with E-state index in [9.17, 15) is 4.79 Å². The van der Waals surface area contributed by atoms with Crippen molar-refractivity contribution in [3.05, 3.63) is 0 Å². The molecule has 0 aromatic carbocycles.